The van der Waals surface area contributed by atoms with Gasteiger partial charge in [0.15, 0.2) is 0 Å². The first-order chi connectivity index (χ1) is 19.8. The quantitative estimate of drug-likeness (QED) is 0.237. The van der Waals surface area contributed by atoms with E-state index in [2.05, 4.69) is 15.0 Å². The Balaban J connectivity index is 0.00000256. The van der Waals surface area contributed by atoms with Crippen molar-refractivity contribution in [3.8, 4) is 45.7 Å². The molecule has 12 heteroatoms. The van der Waals surface area contributed by atoms with Crippen molar-refractivity contribution in [2.24, 2.45) is 0 Å². The van der Waals surface area contributed by atoms with Crippen molar-refractivity contribution in [3.05, 3.63) is 79.3 Å². The third kappa shape index (κ3) is 3.48. The molecule has 9 rings (SSSR count). The van der Waals surface area contributed by atoms with Crippen molar-refractivity contribution in [1.82, 2.24) is 54.8 Å². The maximum Gasteiger partial charge on any atom is 2.00 e. The molecule has 0 saturated heterocycles. The molecule has 2 aliphatic heterocycles. The van der Waals surface area contributed by atoms with Crippen molar-refractivity contribution in [3.63, 3.8) is 0 Å². The van der Waals surface area contributed by atoms with E-state index in [1.165, 1.54) is 0 Å². The van der Waals surface area contributed by atoms with Gasteiger partial charge in [-0.1, -0.05) is 36.4 Å². The van der Waals surface area contributed by atoms with Crippen molar-refractivity contribution < 1.29 is 17.1 Å². The largest absolute Gasteiger partial charge is 2.00 e. The van der Waals surface area contributed by atoms with Crippen LogP contribution < -0.4 is 9.97 Å². The molecule has 8 bridgehead atoms. The summed E-state index contributed by atoms with van der Waals surface area (Å²) in [4.78, 5) is 52.2. The average molecular weight is 579 g/mol. The molecule has 8 heterocycles. The van der Waals surface area contributed by atoms with E-state index in [1.807, 2.05) is 60.7 Å². The zero-order valence-electron chi connectivity index (χ0n) is 20.7. The van der Waals surface area contributed by atoms with Crippen LogP contribution in [0.3, 0.4) is 0 Å². The van der Waals surface area contributed by atoms with E-state index in [-0.39, 0.29) is 17.1 Å². The van der Waals surface area contributed by atoms with Crippen LogP contribution in [0.15, 0.2) is 79.3 Å². The van der Waals surface area contributed by atoms with E-state index < -0.39 is 0 Å². The Morgan fingerprint density at radius 2 is 0.878 bits per heavy atom. The van der Waals surface area contributed by atoms with Crippen LogP contribution in [0.25, 0.3) is 90.1 Å². The zero-order valence-corrected chi connectivity index (χ0v) is 21.7. The predicted molar refractivity (Wildman–Crippen MR) is 147 cm³/mol. The van der Waals surface area contributed by atoms with Crippen LogP contribution in [0.1, 0.15) is 0 Å². The van der Waals surface area contributed by atoms with Crippen LogP contribution >= 0.6 is 0 Å². The van der Waals surface area contributed by atoms with Crippen LogP contribution in [0.4, 0.5) is 0 Å². The molecule has 0 amide bonds. The molecule has 0 saturated carbocycles. The molecule has 1 aromatic carbocycles. The molecule has 0 N–H and O–H groups in total. The summed E-state index contributed by atoms with van der Waals surface area (Å²) in [6.45, 7) is 0. The second-order valence-corrected chi connectivity index (χ2v) is 9.23. The van der Waals surface area contributed by atoms with Crippen molar-refractivity contribution in [2.75, 3.05) is 0 Å². The van der Waals surface area contributed by atoms with Gasteiger partial charge in [-0.15, -0.1) is 0 Å². The van der Waals surface area contributed by atoms with Crippen LogP contribution in [0.5, 0.6) is 0 Å². The summed E-state index contributed by atoms with van der Waals surface area (Å²) >= 11 is 0. The summed E-state index contributed by atoms with van der Waals surface area (Å²) in [7, 11) is 0. The van der Waals surface area contributed by atoms with Crippen LogP contribution in [0.2, 0.25) is 0 Å². The smallest absolute Gasteiger partial charge is 0.356 e. The van der Waals surface area contributed by atoms with E-state index in [0.29, 0.717) is 62.6 Å². The fourth-order valence-electron chi connectivity index (χ4n) is 5.09. The Labute approximate surface area is 240 Å². The number of fused-ring (bicyclic) bond motifs is 20. The SMILES string of the molecule is [Cu+2].c1ccc2c(c1)-c1nc-2nc2[n-]c(nc3nc(nc4[n-]c(n1)c1cccnc41)-c1cccnc1-3)c1cccnc21. The minimum atomic E-state index is 0. The topological polar surface area (TPSA) is 144 Å². The van der Waals surface area contributed by atoms with Gasteiger partial charge >= 0.3 is 17.1 Å². The van der Waals surface area contributed by atoms with Crippen molar-refractivity contribution in [2.45, 2.75) is 0 Å². The molecular weight excluding hydrogens is 566 g/mol. The fraction of sp³-hybridized carbons (Fsp3) is 0. The molecule has 6 aromatic heterocycles. The van der Waals surface area contributed by atoms with Gasteiger partial charge in [0.25, 0.3) is 0 Å². The second-order valence-electron chi connectivity index (χ2n) is 9.23. The van der Waals surface area contributed by atoms with E-state index in [9.17, 15) is 0 Å². The van der Waals surface area contributed by atoms with Gasteiger partial charge < -0.3 is 29.9 Å². The number of nitrogens with zero attached hydrogens (tertiary/aromatic N) is 11. The summed E-state index contributed by atoms with van der Waals surface area (Å²) in [6.07, 6.45) is 5.12. The normalized spacial score (nSPS) is 11.7. The van der Waals surface area contributed by atoms with Gasteiger partial charge in [-0.2, -0.15) is 0 Å². The molecule has 11 nitrogen and oxygen atoms in total. The third-order valence-corrected chi connectivity index (χ3v) is 6.88. The molecule has 0 fully saturated rings. The first kappa shape index (κ1) is 23.4. The Hall–Kier alpha value is -5.45. The fourth-order valence-corrected chi connectivity index (χ4v) is 5.09. The van der Waals surface area contributed by atoms with E-state index in [0.717, 1.165) is 27.5 Å². The summed E-state index contributed by atoms with van der Waals surface area (Å²) in [5.74, 6) is 1.80. The monoisotopic (exact) mass is 578 g/mol. The van der Waals surface area contributed by atoms with Crippen molar-refractivity contribution in [1.29, 1.82) is 0 Å². The summed E-state index contributed by atoms with van der Waals surface area (Å²) in [6, 6.07) is 19.1. The first-order valence-corrected chi connectivity index (χ1v) is 12.5. The van der Waals surface area contributed by atoms with Gasteiger partial charge in [0, 0.05) is 68.6 Å². The molecule has 2 aliphatic rings. The van der Waals surface area contributed by atoms with Gasteiger partial charge in [-0.3, -0.25) is 15.0 Å². The maximum atomic E-state index is 4.88. The average Bonchev–Trinajstić information content (AvgIpc) is 3.73. The second kappa shape index (κ2) is 8.78. The summed E-state index contributed by atoms with van der Waals surface area (Å²) < 4.78 is 0. The molecule has 0 spiro atoms. The molecule has 195 valence electrons. The van der Waals surface area contributed by atoms with Crippen LogP contribution in [-0.2, 0) is 17.1 Å². The predicted octanol–water partition coefficient (Wildman–Crippen LogP) is 4.31. The number of hydrogen-bond donors (Lipinski definition) is 0. The Kier molecular flexibility index (Phi) is 5.02. The minimum absolute atomic E-state index is 0. The Morgan fingerprint density at radius 3 is 1.51 bits per heavy atom. The molecular formula is C29H13CuN11. The standard InChI is InChI=1S/C29H13N11.Cu/c1-2-7-15-14(6-1)22-33-23(15)35-27-20-17(9-4-12-31-20)25(37-27)39-29-21-18(10-5-13-32-21)26(40-29)38-28-19-16(8-3-11-30-19)24(34-22)36-28;/h1-13H;/q-2;+2. The molecule has 7 aromatic rings. The van der Waals surface area contributed by atoms with Crippen molar-refractivity contribution >= 4 is 44.4 Å². The third-order valence-electron chi connectivity index (χ3n) is 6.88. The number of pyridine rings is 3. The molecule has 41 heavy (non-hydrogen) atoms. The van der Waals surface area contributed by atoms with Gasteiger partial charge in [-0.25, -0.2) is 9.97 Å². The molecule has 0 unspecified atom stereocenters. The molecule has 0 atom stereocenters. The molecule has 1 radical (unpaired) electrons. The number of benzene rings is 1. The van der Waals surface area contributed by atoms with Crippen LogP contribution in [0, 0.1) is 0 Å². The Bertz CT molecular complexity index is 2040. The number of aromatic nitrogens is 11. The van der Waals surface area contributed by atoms with E-state index in [4.69, 9.17) is 39.9 Å². The Morgan fingerprint density at radius 1 is 0.415 bits per heavy atom. The minimum Gasteiger partial charge on any atom is -0.356 e. The van der Waals surface area contributed by atoms with Gasteiger partial charge in [0.1, 0.15) is 11.5 Å². The van der Waals surface area contributed by atoms with Gasteiger partial charge in [-0.05, 0) is 24.3 Å². The summed E-state index contributed by atoms with van der Waals surface area (Å²) in [5.41, 5.74) is 5.97. The first-order valence-electron chi connectivity index (χ1n) is 12.5. The maximum absolute atomic E-state index is 4.88. The van der Waals surface area contributed by atoms with Gasteiger partial charge in [0.05, 0.1) is 28.5 Å². The summed E-state index contributed by atoms with van der Waals surface area (Å²) in [5, 5.41) is 1.50. The van der Waals surface area contributed by atoms with Crippen LogP contribution in [-0.4, -0.2) is 44.9 Å². The zero-order chi connectivity index (χ0) is 26.2. The van der Waals surface area contributed by atoms with Gasteiger partial charge in [0.2, 0.25) is 0 Å². The van der Waals surface area contributed by atoms with E-state index in [1.54, 1.807) is 18.6 Å². The molecule has 0 aliphatic carbocycles. The van der Waals surface area contributed by atoms with E-state index >= 15 is 0 Å². The number of hydrogen-bond acceptors (Lipinski definition) is 9. The number of rotatable bonds is 0.